The number of anilines is 1. The van der Waals surface area contributed by atoms with Gasteiger partial charge in [-0.1, -0.05) is 43.3 Å². The third kappa shape index (κ3) is 9.49. The van der Waals surface area contributed by atoms with Gasteiger partial charge < -0.3 is 34.3 Å². The maximum absolute atomic E-state index is 14.4. The van der Waals surface area contributed by atoms with Crippen LogP contribution in [-0.4, -0.2) is 85.1 Å². The number of carbonyl (C=O) groups excluding carboxylic acids is 2. The number of benzene rings is 3. The molecule has 10 heteroatoms. The number of ether oxygens (including phenoxy) is 4. The van der Waals surface area contributed by atoms with E-state index in [1.807, 2.05) is 62.4 Å². The van der Waals surface area contributed by atoms with Gasteiger partial charge >= 0.3 is 0 Å². The van der Waals surface area contributed by atoms with E-state index < -0.39 is 6.04 Å². The molecule has 10 nitrogen and oxygen atoms in total. The number of likely N-dealkylation sites (N-methyl/N-ethyl adjacent to an activating group) is 1. The number of hydrogen-bond acceptors (Lipinski definition) is 8. The van der Waals surface area contributed by atoms with E-state index in [2.05, 4.69) is 24.2 Å². The Labute approximate surface area is 283 Å². The third-order valence-electron chi connectivity index (χ3n) is 8.92. The van der Waals surface area contributed by atoms with Gasteiger partial charge in [0, 0.05) is 37.8 Å². The molecule has 0 spiro atoms. The highest BCUT2D eigenvalue weighted by Gasteiger charge is 2.30. The zero-order valence-corrected chi connectivity index (χ0v) is 28.5. The van der Waals surface area contributed by atoms with Crippen LogP contribution in [0.15, 0.2) is 66.7 Å². The van der Waals surface area contributed by atoms with Crippen molar-refractivity contribution in [3.8, 4) is 17.2 Å². The summed E-state index contributed by atoms with van der Waals surface area (Å²) in [6.45, 7) is 8.28. The van der Waals surface area contributed by atoms with Crippen molar-refractivity contribution in [3.05, 3.63) is 83.4 Å². The molecule has 0 aromatic heterocycles. The highest BCUT2D eigenvalue weighted by molar-refractivity contribution is 6.00. The van der Waals surface area contributed by atoms with Crippen molar-refractivity contribution >= 4 is 17.5 Å². The molecule has 5 rings (SSSR count). The van der Waals surface area contributed by atoms with E-state index in [9.17, 15) is 14.7 Å². The van der Waals surface area contributed by atoms with Gasteiger partial charge in [-0.05, 0) is 81.6 Å². The molecule has 48 heavy (non-hydrogen) atoms. The fraction of sp³-hybridized carbons (Fsp3) is 0.474. The van der Waals surface area contributed by atoms with Crippen LogP contribution in [0.3, 0.4) is 0 Å². The van der Waals surface area contributed by atoms with Crippen molar-refractivity contribution in [2.24, 2.45) is 5.92 Å². The molecule has 2 heterocycles. The predicted octanol–water partition coefficient (Wildman–Crippen LogP) is 5.52. The summed E-state index contributed by atoms with van der Waals surface area (Å²) in [4.78, 5) is 31.2. The first-order valence-corrected chi connectivity index (χ1v) is 16.9. The Morgan fingerprint density at radius 3 is 2.56 bits per heavy atom. The Morgan fingerprint density at radius 1 is 1.00 bits per heavy atom. The molecule has 2 aliphatic rings. The van der Waals surface area contributed by atoms with Gasteiger partial charge in [-0.3, -0.25) is 14.5 Å². The summed E-state index contributed by atoms with van der Waals surface area (Å²) < 4.78 is 23.9. The minimum absolute atomic E-state index is 0.0536. The molecule has 4 atom stereocenters. The van der Waals surface area contributed by atoms with Crippen molar-refractivity contribution in [3.63, 3.8) is 0 Å². The first-order chi connectivity index (χ1) is 23.2. The maximum Gasteiger partial charge on any atom is 0.258 e. The summed E-state index contributed by atoms with van der Waals surface area (Å²) in [5.41, 5.74) is 2.87. The number of carbonyl (C=O) groups is 2. The first kappa shape index (κ1) is 35.2. The largest absolute Gasteiger partial charge is 0.490 e. The van der Waals surface area contributed by atoms with Crippen LogP contribution in [0.2, 0.25) is 0 Å². The molecule has 2 aliphatic heterocycles. The van der Waals surface area contributed by atoms with E-state index in [0.29, 0.717) is 43.2 Å². The summed E-state index contributed by atoms with van der Waals surface area (Å²) in [5, 5.41) is 13.2. The fourth-order valence-corrected chi connectivity index (χ4v) is 6.17. The minimum atomic E-state index is -0.457. The van der Waals surface area contributed by atoms with E-state index in [0.717, 1.165) is 41.9 Å². The van der Waals surface area contributed by atoms with Crippen LogP contribution in [0.4, 0.5) is 5.69 Å². The van der Waals surface area contributed by atoms with E-state index in [-0.39, 0.29) is 49.8 Å². The molecule has 3 aromatic rings. The van der Waals surface area contributed by atoms with Crippen LogP contribution in [0.1, 0.15) is 61.5 Å². The number of fused-ring (bicyclic) bond motifs is 2. The third-order valence-corrected chi connectivity index (χ3v) is 8.92. The van der Waals surface area contributed by atoms with Crippen molar-refractivity contribution in [1.29, 1.82) is 0 Å². The number of rotatable bonds is 9. The van der Waals surface area contributed by atoms with Gasteiger partial charge in [-0.15, -0.1) is 0 Å². The van der Waals surface area contributed by atoms with Gasteiger partial charge in [0.05, 0.1) is 36.8 Å². The van der Waals surface area contributed by atoms with Crippen molar-refractivity contribution in [2.45, 2.75) is 71.2 Å². The zero-order valence-electron chi connectivity index (χ0n) is 28.5. The fourth-order valence-electron chi connectivity index (χ4n) is 6.17. The SMILES string of the molecule is C[C@@H]1CN([C@H](C)CO)C(=O)c2cc(NC(=O)Cc3ccccc3)ccc2O[C@@H](C)CCCCO[C@@H]1CN(C)Cc1ccc2c(c1)OCO2. The Hall–Kier alpha value is -4.12. The minimum Gasteiger partial charge on any atom is -0.490 e. The lowest BCUT2D eigenvalue weighted by Crippen LogP contribution is -2.47. The molecule has 2 amide bonds. The molecule has 0 fully saturated rings. The van der Waals surface area contributed by atoms with Crippen LogP contribution in [-0.2, 0) is 22.5 Å². The molecule has 0 aliphatic carbocycles. The summed E-state index contributed by atoms with van der Waals surface area (Å²) in [5.74, 6) is 1.48. The second kappa shape index (κ2) is 16.8. The van der Waals surface area contributed by atoms with Crippen LogP contribution in [0.5, 0.6) is 17.2 Å². The molecular weight excluding hydrogens is 610 g/mol. The lowest BCUT2D eigenvalue weighted by Gasteiger charge is -2.36. The number of amides is 2. The molecule has 0 unspecified atom stereocenters. The van der Waals surface area contributed by atoms with E-state index in [1.54, 1.807) is 23.1 Å². The Balaban J connectivity index is 1.36. The molecular formula is C38H49N3O7. The number of nitrogens with zero attached hydrogens (tertiary/aromatic N) is 2. The van der Waals surface area contributed by atoms with Crippen LogP contribution in [0, 0.1) is 5.92 Å². The monoisotopic (exact) mass is 659 g/mol. The van der Waals surface area contributed by atoms with Gasteiger partial charge in [-0.25, -0.2) is 0 Å². The lowest BCUT2D eigenvalue weighted by atomic mass is 10.0. The average Bonchev–Trinajstić information content (AvgIpc) is 3.54. The summed E-state index contributed by atoms with van der Waals surface area (Å²) in [7, 11) is 2.06. The standard InChI is InChI=1S/C38H49N3O7/c1-26-21-41(27(2)24-42)38(44)32-20-31(39-37(43)19-29-11-6-5-7-12-29)14-16-33(32)48-28(3)10-8-9-17-45-36(26)23-40(4)22-30-13-15-34-35(18-30)47-25-46-34/h5-7,11-16,18,20,26-28,36,42H,8-10,17,19,21-25H2,1-4H3,(H,39,43)/t26-,27-,28+,36-/m1/s1. The summed E-state index contributed by atoms with van der Waals surface area (Å²) >= 11 is 0. The van der Waals surface area contributed by atoms with Crippen molar-refractivity contribution in [2.75, 3.05) is 45.5 Å². The number of hydrogen-bond donors (Lipinski definition) is 2. The Bertz CT molecular complexity index is 1520. The Morgan fingerprint density at radius 2 is 1.77 bits per heavy atom. The van der Waals surface area contributed by atoms with E-state index in [4.69, 9.17) is 18.9 Å². The summed E-state index contributed by atoms with van der Waals surface area (Å²) in [6, 6.07) is 20.3. The van der Waals surface area contributed by atoms with Gasteiger partial charge in [0.2, 0.25) is 12.7 Å². The molecule has 0 bridgehead atoms. The quantitative estimate of drug-likeness (QED) is 0.309. The van der Waals surface area contributed by atoms with Gasteiger partial charge in [-0.2, -0.15) is 0 Å². The molecule has 2 N–H and O–H groups in total. The normalized spacial score (nSPS) is 20.8. The van der Waals surface area contributed by atoms with Gasteiger partial charge in [0.1, 0.15) is 5.75 Å². The molecule has 3 aromatic carbocycles. The molecule has 258 valence electrons. The number of aliphatic hydroxyl groups excluding tert-OH is 1. The van der Waals surface area contributed by atoms with Crippen LogP contribution in [0.25, 0.3) is 0 Å². The van der Waals surface area contributed by atoms with Crippen LogP contribution < -0.4 is 19.5 Å². The summed E-state index contributed by atoms with van der Waals surface area (Å²) in [6.07, 6.45) is 2.52. The highest BCUT2D eigenvalue weighted by Crippen LogP contribution is 2.33. The predicted molar refractivity (Wildman–Crippen MR) is 185 cm³/mol. The lowest BCUT2D eigenvalue weighted by molar-refractivity contribution is -0.115. The number of nitrogens with one attached hydrogen (secondary N) is 1. The van der Waals surface area contributed by atoms with Crippen molar-refractivity contribution in [1.82, 2.24) is 9.80 Å². The maximum atomic E-state index is 14.4. The second-order valence-corrected chi connectivity index (χ2v) is 13.1. The van der Waals surface area contributed by atoms with E-state index >= 15 is 0 Å². The molecule has 0 radical (unpaired) electrons. The Kier molecular flexibility index (Phi) is 12.3. The second-order valence-electron chi connectivity index (χ2n) is 13.1. The smallest absolute Gasteiger partial charge is 0.258 e. The molecule has 0 saturated heterocycles. The topological polar surface area (TPSA) is 110 Å². The zero-order chi connectivity index (χ0) is 34.0. The first-order valence-electron chi connectivity index (χ1n) is 16.9. The van der Waals surface area contributed by atoms with Crippen LogP contribution >= 0.6 is 0 Å². The van der Waals surface area contributed by atoms with E-state index in [1.165, 1.54) is 0 Å². The number of aliphatic hydroxyl groups is 1. The highest BCUT2D eigenvalue weighted by atomic mass is 16.7. The molecule has 0 saturated carbocycles. The van der Waals surface area contributed by atoms with Crippen molar-refractivity contribution < 1.29 is 33.6 Å². The van der Waals surface area contributed by atoms with Gasteiger partial charge in [0.25, 0.3) is 5.91 Å². The average molecular weight is 660 g/mol. The van der Waals surface area contributed by atoms with Gasteiger partial charge in [0.15, 0.2) is 11.5 Å².